The lowest BCUT2D eigenvalue weighted by Crippen LogP contribution is -2.14. The highest BCUT2D eigenvalue weighted by molar-refractivity contribution is 6.06. The molecule has 0 saturated heterocycles. The summed E-state index contributed by atoms with van der Waals surface area (Å²) in [5.74, 6) is 0.195. The molecule has 27 heavy (non-hydrogen) atoms. The van der Waals surface area contributed by atoms with Gasteiger partial charge in [-0.3, -0.25) is 9.59 Å². The zero-order chi connectivity index (χ0) is 19.6. The Morgan fingerprint density at radius 3 is 2.52 bits per heavy atom. The second kappa shape index (κ2) is 10.4. The van der Waals surface area contributed by atoms with Crippen LogP contribution in [0.25, 0.3) is 0 Å². The molecule has 0 heterocycles. The monoisotopic (exact) mass is 368 g/mol. The number of amides is 2. The van der Waals surface area contributed by atoms with Gasteiger partial charge in [0, 0.05) is 18.3 Å². The van der Waals surface area contributed by atoms with Crippen molar-refractivity contribution in [3.05, 3.63) is 53.6 Å². The normalized spacial score (nSPS) is 10.3. The summed E-state index contributed by atoms with van der Waals surface area (Å²) in [6, 6.07) is 12.7. The van der Waals surface area contributed by atoms with Crippen molar-refractivity contribution in [2.45, 2.75) is 46.5 Å². The first-order valence-corrected chi connectivity index (χ1v) is 9.42. The standard InChI is InChI=1S/C22H28N2O3/c1-4-5-6-9-14-27-21-11-8-7-10-19(21)22(26)24-18-13-12-16(2)20(15-18)23-17(3)25/h7-8,10-13,15H,4-6,9,14H2,1-3H3,(H,23,25)(H,24,26). The molecule has 0 fully saturated rings. The van der Waals surface area contributed by atoms with Crippen LogP contribution >= 0.6 is 0 Å². The minimum Gasteiger partial charge on any atom is -0.493 e. The van der Waals surface area contributed by atoms with Crippen molar-refractivity contribution < 1.29 is 14.3 Å². The van der Waals surface area contributed by atoms with Crippen molar-refractivity contribution in [1.82, 2.24) is 0 Å². The zero-order valence-corrected chi connectivity index (χ0v) is 16.3. The van der Waals surface area contributed by atoms with Gasteiger partial charge in [-0.2, -0.15) is 0 Å². The van der Waals surface area contributed by atoms with Crippen molar-refractivity contribution >= 4 is 23.2 Å². The van der Waals surface area contributed by atoms with E-state index in [0.29, 0.717) is 29.3 Å². The van der Waals surface area contributed by atoms with E-state index in [1.807, 2.05) is 37.3 Å². The molecule has 2 amide bonds. The third kappa shape index (κ3) is 6.44. The maximum atomic E-state index is 12.7. The molecule has 0 aromatic heterocycles. The molecular weight excluding hydrogens is 340 g/mol. The van der Waals surface area contributed by atoms with Gasteiger partial charge in [-0.1, -0.05) is 44.4 Å². The molecule has 0 unspecified atom stereocenters. The summed E-state index contributed by atoms with van der Waals surface area (Å²) in [6.45, 7) is 6.13. The highest BCUT2D eigenvalue weighted by atomic mass is 16.5. The molecule has 2 rings (SSSR count). The summed E-state index contributed by atoms with van der Waals surface area (Å²) < 4.78 is 5.82. The van der Waals surface area contributed by atoms with Crippen LogP contribution in [0.2, 0.25) is 0 Å². The summed E-state index contributed by atoms with van der Waals surface area (Å²) in [5, 5.41) is 5.65. The van der Waals surface area contributed by atoms with E-state index in [2.05, 4.69) is 17.6 Å². The van der Waals surface area contributed by atoms with Crippen molar-refractivity contribution in [2.24, 2.45) is 0 Å². The Bertz CT molecular complexity index is 787. The van der Waals surface area contributed by atoms with Crippen LogP contribution in [0.4, 0.5) is 11.4 Å². The summed E-state index contributed by atoms with van der Waals surface area (Å²) in [4.78, 5) is 24.0. The fraction of sp³-hybridized carbons (Fsp3) is 0.364. The molecule has 0 aliphatic carbocycles. The number of nitrogens with one attached hydrogen (secondary N) is 2. The van der Waals surface area contributed by atoms with E-state index in [1.165, 1.54) is 19.8 Å². The summed E-state index contributed by atoms with van der Waals surface area (Å²) in [7, 11) is 0. The highest BCUT2D eigenvalue weighted by Crippen LogP contribution is 2.23. The first-order chi connectivity index (χ1) is 13.0. The Morgan fingerprint density at radius 2 is 1.78 bits per heavy atom. The molecule has 2 aromatic carbocycles. The topological polar surface area (TPSA) is 67.4 Å². The molecule has 2 aromatic rings. The predicted octanol–water partition coefficient (Wildman–Crippen LogP) is 5.16. The van der Waals surface area contributed by atoms with Gasteiger partial charge in [-0.05, 0) is 43.2 Å². The Labute approximate surface area is 161 Å². The smallest absolute Gasteiger partial charge is 0.259 e. The van der Waals surface area contributed by atoms with Crippen LogP contribution in [0.3, 0.4) is 0 Å². The maximum Gasteiger partial charge on any atom is 0.259 e. The van der Waals surface area contributed by atoms with Gasteiger partial charge in [0.1, 0.15) is 5.75 Å². The molecule has 144 valence electrons. The fourth-order valence-corrected chi connectivity index (χ4v) is 2.71. The Kier molecular flexibility index (Phi) is 7.86. The van der Waals surface area contributed by atoms with Gasteiger partial charge < -0.3 is 15.4 Å². The number of carbonyl (C=O) groups excluding carboxylic acids is 2. The first-order valence-electron chi connectivity index (χ1n) is 9.42. The van der Waals surface area contributed by atoms with Crippen LogP contribution in [-0.2, 0) is 4.79 Å². The number of carbonyl (C=O) groups is 2. The number of anilines is 2. The zero-order valence-electron chi connectivity index (χ0n) is 16.3. The van der Waals surface area contributed by atoms with E-state index in [1.54, 1.807) is 12.1 Å². The Morgan fingerprint density at radius 1 is 1.00 bits per heavy atom. The van der Waals surface area contributed by atoms with Crippen molar-refractivity contribution in [3.63, 3.8) is 0 Å². The first kappa shape index (κ1) is 20.5. The molecule has 5 nitrogen and oxygen atoms in total. The number of benzene rings is 2. The van der Waals surface area contributed by atoms with E-state index in [-0.39, 0.29) is 11.8 Å². The average molecular weight is 368 g/mol. The highest BCUT2D eigenvalue weighted by Gasteiger charge is 2.13. The molecule has 0 aliphatic rings. The van der Waals surface area contributed by atoms with Gasteiger partial charge in [0.2, 0.25) is 5.91 Å². The SMILES string of the molecule is CCCCCCOc1ccccc1C(=O)Nc1ccc(C)c(NC(C)=O)c1. The summed E-state index contributed by atoms with van der Waals surface area (Å²) in [6.07, 6.45) is 4.47. The largest absolute Gasteiger partial charge is 0.493 e. The third-order valence-electron chi connectivity index (χ3n) is 4.19. The fourth-order valence-electron chi connectivity index (χ4n) is 2.71. The van der Waals surface area contributed by atoms with E-state index in [4.69, 9.17) is 4.74 Å². The van der Waals surface area contributed by atoms with Gasteiger partial charge >= 0.3 is 0 Å². The molecule has 2 N–H and O–H groups in total. The van der Waals surface area contributed by atoms with Gasteiger partial charge in [0.05, 0.1) is 12.2 Å². The number of para-hydroxylation sites is 1. The van der Waals surface area contributed by atoms with Gasteiger partial charge in [0.15, 0.2) is 0 Å². The van der Waals surface area contributed by atoms with Crippen LogP contribution in [0.1, 0.15) is 55.5 Å². The molecule has 0 radical (unpaired) electrons. The van der Waals surface area contributed by atoms with Crippen LogP contribution < -0.4 is 15.4 Å². The lowest BCUT2D eigenvalue weighted by molar-refractivity contribution is -0.114. The molecule has 0 saturated carbocycles. The number of hydrogen-bond acceptors (Lipinski definition) is 3. The van der Waals surface area contributed by atoms with Crippen LogP contribution in [0.15, 0.2) is 42.5 Å². The van der Waals surface area contributed by atoms with Crippen LogP contribution in [0, 0.1) is 6.92 Å². The molecular formula is C22H28N2O3. The lowest BCUT2D eigenvalue weighted by Gasteiger charge is -2.13. The van der Waals surface area contributed by atoms with E-state index < -0.39 is 0 Å². The van der Waals surface area contributed by atoms with E-state index in [9.17, 15) is 9.59 Å². The van der Waals surface area contributed by atoms with Gasteiger partial charge in [-0.15, -0.1) is 0 Å². The number of unbranched alkanes of at least 4 members (excludes halogenated alkanes) is 3. The molecule has 0 aliphatic heterocycles. The molecule has 0 bridgehead atoms. The average Bonchev–Trinajstić information content (AvgIpc) is 2.64. The number of ether oxygens (including phenoxy) is 1. The van der Waals surface area contributed by atoms with Crippen LogP contribution in [-0.4, -0.2) is 18.4 Å². The van der Waals surface area contributed by atoms with Crippen LogP contribution in [0.5, 0.6) is 5.75 Å². The van der Waals surface area contributed by atoms with E-state index in [0.717, 1.165) is 18.4 Å². The predicted molar refractivity (Wildman–Crippen MR) is 110 cm³/mol. The summed E-state index contributed by atoms with van der Waals surface area (Å²) in [5.41, 5.74) is 2.72. The number of rotatable bonds is 9. The second-order valence-electron chi connectivity index (χ2n) is 6.57. The Balaban J connectivity index is 2.06. The third-order valence-corrected chi connectivity index (χ3v) is 4.19. The summed E-state index contributed by atoms with van der Waals surface area (Å²) >= 11 is 0. The van der Waals surface area contributed by atoms with Gasteiger partial charge in [0.25, 0.3) is 5.91 Å². The van der Waals surface area contributed by atoms with E-state index >= 15 is 0 Å². The Hall–Kier alpha value is -2.82. The molecule has 5 heteroatoms. The minimum absolute atomic E-state index is 0.150. The van der Waals surface area contributed by atoms with Crippen molar-refractivity contribution in [1.29, 1.82) is 0 Å². The lowest BCUT2D eigenvalue weighted by atomic mass is 10.1. The number of hydrogen-bond donors (Lipinski definition) is 2. The van der Waals surface area contributed by atoms with Gasteiger partial charge in [-0.25, -0.2) is 0 Å². The van der Waals surface area contributed by atoms with Crippen molar-refractivity contribution in [3.8, 4) is 5.75 Å². The quantitative estimate of drug-likeness (QED) is 0.600. The number of aryl methyl sites for hydroxylation is 1. The maximum absolute atomic E-state index is 12.7. The molecule has 0 atom stereocenters. The second-order valence-corrected chi connectivity index (χ2v) is 6.57. The minimum atomic E-state index is -0.239. The molecule has 0 spiro atoms. The van der Waals surface area contributed by atoms with Crippen molar-refractivity contribution in [2.75, 3.05) is 17.2 Å².